The Bertz CT molecular complexity index is 364. The van der Waals surface area contributed by atoms with Crippen LogP contribution in [0.25, 0.3) is 0 Å². The van der Waals surface area contributed by atoms with E-state index in [4.69, 9.17) is 0 Å². The predicted molar refractivity (Wildman–Crippen MR) is 67.1 cm³/mol. The zero-order valence-electron chi connectivity index (χ0n) is 10.7. The van der Waals surface area contributed by atoms with Crippen LogP contribution in [0.4, 0.5) is 0 Å². The fourth-order valence-electron chi connectivity index (χ4n) is 3.32. The number of carbonyl (C=O) groups excluding carboxylic acids is 1. The van der Waals surface area contributed by atoms with Crippen molar-refractivity contribution in [3.05, 3.63) is 23.8 Å². The third-order valence-electron chi connectivity index (χ3n) is 4.79. The van der Waals surface area contributed by atoms with Crippen LogP contribution in [0.5, 0.6) is 0 Å². The fourth-order valence-corrected chi connectivity index (χ4v) is 3.32. The normalized spacial score (nSPS) is 38.9. The third kappa shape index (κ3) is 1.77. The Kier molecular flexibility index (Phi) is 2.81. The van der Waals surface area contributed by atoms with Gasteiger partial charge >= 0.3 is 0 Å². The molecule has 16 heavy (non-hydrogen) atoms. The van der Waals surface area contributed by atoms with Gasteiger partial charge in [-0.2, -0.15) is 0 Å². The van der Waals surface area contributed by atoms with Crippen molar-refractivity contribution in [3.8, 4) is 0 Å². The first kappa shape index (κ1) is 11.6. The van der Waals surface area contributed by atoms with E-state index in [9.17, 15) is 4.79 Å². The molecule has 0 aromatic heterocycles. The van der Waals surface area contributed by atoms with Gasteiger partial charge in [0, 0.05) is 6.42 Å². The van der Waals surface area contributed by atoms with Gasteiger partial charge in [0.1, 0.15) is 0 Å². The molecule has 0 aromatic carbocycles. The second-order valence-corrected chi connectivity index (χ2v) is 5.94. The number of fused-ring (bicyclic) bond motifs is 1. The lowest BCUT2D eigenvalue weighted by Crippen LogP contribution is -2.38. The highest BCUT2D eigenvalue weighted by atomic mass is 16.1. The summed E-state index contributed by atoms with van der Waals surface area (Å²) >= 11 is 0. The van der Waals surface area contributed by atoms with E-state index in [0.717, 1.165) is 12.8 Å². The van der Waals surface area contributed by atoms with Crippen molar-refractivity contribution in [1.29, 1.82) is 0 Å². The van der Waals surface area contributed by atoms with E-state index < -0.39 is 0 Å². The smallest absolute Gasteiger partial charge is 0.155 e. The second kappa shape index (κ2) is 3.87. The number of hydrogen-bond acceptors (Lipinski definition) is 1. The quantitative estimate of drug-likeness (QED) is 0.610. The standard InChI is InChI=1S/C15H22O/c1-10(2)12-5-6-13-8-14(16)7-11(3)15(13,4)9-12/h8,11-12H,1,5-7,9H2,2-4H3/t11-,12?,15+/m1/s1. The van der Waals surface area contributed by atoms with Crippen LogP contribution >= 0.6 is 0 Å². The van der Waals surface area contributed by atoms with E-state index >= 15 is 0 Å². The van der Waals surface area contributed by atoms with Gasteiger partial charge in [-0.3, -0.25) is 4.79 Å². The molecule has 2 aliphatic rings. The highest BCUT2D eigenvalue weighted by Crippen LogP contribution is 2.52. The molecule has 0 radical (unpaired) electrons. The summed E-state index contributed by atoms with van der Waals surface area (Å²) in [6.45, 7) is 10.8. The Balaban J connectivity index is 2.30. The molecule has 88 valence electrons. The Labute approximate surface area is 98.6 Å². The van der Waals surface area contributed by atoms with Crippen molar-refractivity contribution in [2.75, 3.05) is 0 Å². The van der Waals surface area contributed by atoms with Crippen LogP contribution in [-0.2, 0) is 4.79 Å². The summed E-state index contributed by atoms with van der Waals surface area (Å²) < 4.78 is 0. The summed E-state index contributed by atoms with van der Waals surface area (Å²) in [6.07, 6.45) is 6.10. The second-order valence-electron chi connectivity index (χ2n) is 5.94. The van der Waals surface area contributed by atoms with Crippen LogP contribution in [0.15, 0.2) is 23.8 Å². The average molecular weight is 218 g/mol. The summed E-state index contributed by atoms with van der Waals surface area (Å²) in [7, 11) is 0. The Morgan fingerprint density at radius 2 is 2.25 bits per heavy atom. The molecule has 0 bridgehead atoms. The largest absolute Gasteiger partial charge is 0.295 e. The molecule has 0 amide bonds. The van der Waals surface area contributed by atoms with Crippen molar-refractivity contribution >= 4 is 5.78 Å². The lowest BCUT2D eigenvalue weighted by Gasteiger charge is -2.47. The van der Waals surface area contributed by atoms with Crippen molar-refractivity contribution in [1.82, 2.24) is 0 Å². The Morgan fingerprint density at radius 1 is 1.56 bits per heavy atom. The topological polar surface area (TPSA) is 17.1 Å². The van der Waals surface area contributed by atoms with Gasteiger partial charge in [-0.1, -0.05) is 31.6 Å². The maximum Gasteiger partial charge on any atom is 0.155 e. The summed E-state index contributed by atoms with van der Waals surface area (Å²) in [5.41, 5.74) is 2.95. The SMILES string of the molecule is C=C(C)C1CCC2=CC(=O)C[C@@H](C)[C@]2(C)C1. The molecule has 3 atom stereocenters. The average Bonchev–Trinajstić information content (AvgIpc) is 2.19. The summed E-state index contributed by atoms with van der Waals surface area (Å²) in [5.74, 6) is 1.47. The van der Waals surface area contributed by atoms with Crippen LogP contribution in [0.1, 0.15) is 46.5 Å². The first-order valence-corrected chi connectivity index (χ1v) is 6.33. The fraction of sp³-hybridized carbons (Fsp3) is 0.667. The molecule has 1 fully saturated rings. The first-order valence-electron chi connectivity index (χ1n) is 6.33. The van der Waals surface area contributed by atoms with E-state index in [0.29, 0.717) is 17.6 Å². The van der Waals surface area contributed by atoms with Crippen molar-refractivity contribution in [2.45, 2.75) is 46.5 Å². The van der Waals surface area contributed by atoms with Crippen LogP contribution in [0, 0.1) is 17.3 Å². The number of hydrogen-bond donors (Lipinski definition) is 0. The molecular weight excluding hydrogens is 196 g/mol. The molecule has 2 aliphatic carbocycles. The van der Waals surface area contributed by atoms with Gasteiger partial charge in [0.05, 0.1) is 0 Å². The Morgan fingerprint density at radius 3 is 2.88 bits per heavy atom. The predicted octanol–water partition coefficient (Wildman–Crippen LogP) is 3.90. The maximum absolute atomic E-state index is 11.6. The highest BCUT2D eigenvalue weighted by Gasteiger charge is 2.43. The Hall–Kier alpha value is -0.850. The zero-order chi connectivity index (χ0) is 11.9. The number of rotatable bonds is 1. The van der Waals surface area contributed by atoms with Crippen LogP contribution in [0.3, 0.4) is 0 Å². The minimum Gasteiger partial charge on any atom is -0.295 e. The van der Waals surface area contributed by atoms with E-state index in [-0.39, 0.29) is 5.41 Å². The molecule has 0 heterocycles. The molecule has 0 saturated heterocycles. The van der Waals surface area contributed by atoms with Gasteiger partial charge in [-0.05, 0) is 49.5 Å². The lowest BCUT2D eigenvalue weighted by molar-refractivity contribution is -0.117. The maximum atomic E-state index is 11.6. The molecule has 0 spiro atoms. The number of allylic oxidation sites excluding steroid dienone is 3. The molecule has 2 rings (SSSR count). The minimum absolute atomic E-state index is 0.246. The van der Waals surface area contributed by atoms with Crippen molar-refractivity contribution in [2.24, 2.45) is 17.3 Å². The van der Waals surface area contributed by atoms with E-state index in [1.165, 1.54) is 24.0 Å². The lowest BCUT2D eigenvalue weighted by atomic mass is 9.57. The molecule has 1 nitrogen and oxygen atoms in total. The molecular formula is C15H22O. The van der Waals surface area contributed by atoms with Crippen LogP contribution < -0.4 is 0 Å². The number of carbonyl (C=O) groups is 1. The molecule has 0 N–H and O–H groups in total. The molecule has 0 aromatic rings. The first-order chi connectivity index (χ1) is 7.43. The molecule has 0 aliphatic heterocycles. The minimum atomic E-state index is 0.246. The monoisotopic (exact) mass is 218 g/mol. The van der Waals surface area contributed by atoms with Gasteiger partial charge < -0.3 is 0 Å². The van der Waals surface area contributed by atoms with Gasteiger partial charge in [0.15, 0.2) is 5.78 Å². The van der Waals surface area contributed by atoms with Gasteiger partial charge in [0.2, 0.25) is 0 Å². The third-order valence-corrected chi connectivity index (χ3v) is 4.79. The van der Waals surface area contributed by atoms with Gasteiger partial charge in [-0.15, -0.1) is 0 Å². The van der Waals surface area contributed by atoms with Crippen molar-refractivity contribution < 1.29 is 4.79 Å². The molecule has 1 heteroatoms. The highest BCUT2D eigenvalue weighted by molar-refractivity contribution is 5.92. The number of ketones is 1. The van der Waals surface area contributed by atoms with E-state index in [1.54, 1.807) is 0 Å². The van der Waals surface area contributed by atoms with Crippen LogP contribution in [-0.4, -0.2) is 5.78 Å². The zero-order valence-corrected chi connectivity index (χ0v) is 10.7. The van der Waals surface area contributed by atoms with Gasteiger partial charge in [0.25, 0.3) is 0 Å². The summed E-state index contributed by atoms with van der Waals surface area (Å²) in [6, 6.07) is 0. The molecule has 1 saturated carbocycles. The summed E-state index contributed by atoms with van der Waals surface area (Å²) in [5, 5.41) is 0. The van der Waals surface area contributed by atoms with Crippen molar-refractivity contribution in [3.63, 3.8) is 0 Å². The summed E-state index contributed by atoms with van der Waals surface area (Å²) in [4.78, 5) is 11.6. The van der Waals surface area contributed by atoms with E-state index in [2.05, 4.69) is 27.4 Å². The van der Waals surface area contributed by atoms with E-state index in [1.807, 2.05) is 6.08 Å². The van der Waals surface area contributed by atoms with Crippen LogP contribution in [0.2, 0.25) is 0 Å². The molecule has 1 unspecified atom stereocenters. The van der Waals surface area contributed by atoms with Gasteiger partial charge in [-0.25, -0.2) is 0 Å².